The zero-order valence-corrected chi connectivity index (χ0v) is 12.0. The van der Waals surface area contributed by atoms with Crippen LogP contribution in [0, 0.1) is 5.41 Å². The second-order valence-corrected chi connectivity index (χ2v) is 5.85. The quantitative estimate of drug-likeness (QED) is 0.918. The van der Waals surface area contributed by atoms with Gasteiger partial charge in [0.1, 0.15) is 0 Å². The first-order valence-corrected chi connectivity index (χ1v) is 6.60. The zero-order valence-electron chi connectivity index (χ0n) is 12.0. The average molecular weight is 259 g/mol. The van der Waals surface area contributed by atoms with Crippen molar-refractivity contribution in [1.82, 2.24) is 10.1 Å². The lowest BCUT2D eigenvalue weighted by Crippen LogP contribution is -2.26. The molecule has 1 unspecified atom stereocenters. The van der Waals surface area contributed by atoms with Crippen molar-refractivity contribution in [2.24, 2.45) is 11.1 Å². The normalized spacial score (nSPS) is 13.5. The number of nitrogens with zero attached hydrogens (tertiary/aromatic N) is 2. The Labute approximate surface area is 114 Å². The van der Waals surface area contributed by atoms with Crippen LogP contribution in [0.15, 0.2) is 28.8 Å². The summed E-state index contributed by atoms with van der Waals surface area (Å²) < 4.78 is 5.28. The average Bonchev–Trinajstić information content (AvgIpc) is 2.86. The van der Waals surface area contributed by atoms with Crippen LogP contribution in [0.4, 0.5) is 0 Å². The van der Waals surface area contributed by atoms with Crippen molar-refractivity contribution in [2.75, 3.05) is 0 Å². The maximum Gasteiger partial charge on any atom is 0.244 e. The van der Waals surface area contributed by atoms with Crippen molar-refractivity contribution in [2.45, 2.75) is 40.2 Å². The topological polar surface area (TPSA) is 64.9 Å². The van der Waals surface area contributed by atoms with Gasteiger partial charge in [0.05, 0.1) is 6.04 Å². The van der Waals surface area contributed by atoms with Crippen LogP contribution >= 0.6 is 0 Å². The third-order valence-corrected chi connectivity index (χ3v) is 3.26. The van der Waals surface area contributed by atoms with Gasteiger partial charge in [0, 0.05) is 5.56 Å². The van der Waals surface area contributed by atoms with Crippen LogP contribution in [-0.2, 0) is 6.42 Å². The van der Waals surface area contributed by atoms with Gasteiger partial charge in [-0.25, -0.2) is 0 Å². The van der Waals surface area contributed by atoms with Crippen LogP contribution in [0.1, 0.15) is 45.2 Å². The largest absolute Gasteiger partial charge is 0.337 e. The van der Waals surface area contributed by atoms with Crippen molar-refractivity contribution in [3.63, 3.8) is 0 Å². The van der Waals surface area contributed by atoms with E-state index in [0.29, 0.717) is 11.7 Å². The molecule has 4 nitrogen and oxygen atoms in total. The van der Waals surface area contributed by atoms with Gasteiger partial charge in [-0.1, -0.05) is 57.1 Å². The first-order valence-electron chi connectivity index (χ1n) is 6.60. The third-order valence-electron chi connectivity index (χ3n) is 3.26. The van der Waals surface area contributed by atoms with Gasteiger partial charge in [0.25, 0.3) is 0 Å². The maximum atomic E-state index is 6.11. The van der Waals surface area contributed by atoms with E-state index in [1.165, 1.54) is 5.56 Å². The number of aromatic nitrogens is 2. The Morgan fingerprint density at radius 1 is 1.21 bits per heavy atom. The van der Waals surface area contributed by atoms with Gasteiger partial charge in [0.2, 0.25) is 11.7 Å². The second-order valence-electron chi connectivity index (χ2n) is 5.85. The van der Waals surface area contributed by atoms with Crippen molar-refractivity contribution in [3.05, 3.63) is 35.7 Å². The van der Waals surface area contributed by atoms with E-state index in [4.69, 9.17) is 10.3 Å². The highest BCUT2D eigenvalue weighted by Crippen LogP contribution is 2.30. The molecule has 0 aliphatic rings. The molecule has 0 saturated carbocycles. The highest BCUT2D eigenvalue weighted by molar-refractivity contribution is 5.54. The minimum absolute atomic E-state index is 0.101. The molecule has 0 bridgehead atoms. The van der Waals surface area contributed by atoms with Gasteiger partial charge in [-0.3, -0.25) is 0 Å². The van der Waals surface area contributed by atoms with Gasteiger partial charge in [-0.2, -0.15) is 4.98 Å². The molecule has 1 aromatic heterocycles. The van der Waals surface area contributed by atoms with Crippen LogP contribution in [0.2, 0.25) is 0 Å². The maximum absolute atomic E-state index is 6.11. The van der Waals surface area contributed by atoms with Crippen LogP contribution in [0.3, 0.4) is 0 Å². The van der Waals surface area contributed by atoms with E-state index in [1.807, 2.05) is 12.1 Å². The highest BCUT2D eigenvalue weighted by Gasteiger charge is 2.27. The molecule has 0 aliphatic heterocycles. The predicted molar refractivity (Wildman–Crippen MR) is 75.5 cm³/mol. The molecule has 1 aromatic carbocycles. The molecule has 4 heteroatoms. The molecule has 0 aliphatic carbocycles. The monoisotopic (exact) mass is 259 g/mol. The SMILES string of the molecule is CCc1ccc(-c2noc(C(N)C(C)(C)C)n2)cc1. The lowest BCUT2D eigenvalue weighted by Gasteiger charge is -2.23. The van der Waals surface area contributed by atoms with E-state index >= 15 is 0 Å². The van der Waals surface area contributed by atoms with E-state index in [2.05, 4.69) is 50.0 Å². The molecule has 19 heavy (non-hydrogen) atoms. The van der Waals surface area contributed by atoms with Gasteiger partial charge < -0.3 is 10.3 Å². The molecule has 1 heterocycles. The fourth-order valence-corrected chi connectivity index (χ4v) is 1.74. The Hall–Kier alpha value is -1.68. The van der Waals surface area contributed by atoms with Crippen molar-refractivity contribution >= 4 is 0 Å². The summed E-state index contributed by atoms with van der Waals surface area (Å²) in [6.45, 7) is 8.29. The Morgan fingerprint density at radius 2 is 1.84 bits per heavy atom. The summed E-state index contributed by atoms with van der Waals surface area (Å²) in [6.07, 6.45) is 1.02. The summed E-state index contributed by atoms with van der Waals surface area (Å²) in [5, 5.41) is 4.01. The Bertz CT molecular complexity index is 537. The molecular weight excluding hydrogens is 238 g/mol. The molecule has 0 amide bonds. The van der Waals surface area contributed by atoms with E-state index in [-0.39, 0.29) is 11.5 Å². The Kier molecular flexibility index (Phi) is 3.71. The van der Waals surface area contributed by atoms with Crippen LogP contribution in [-0.4, -0.2) is 10.1 Å². The lowest BCUT2D eigenvalue weighted by molar-refractivity contribution is 0.253. The van der Waals surface area contributed by atoms with Crippen molar-refractivity contribution in [3.8, 4) is 11.4 Å². The number of hydrogen-bond acceptors (Lipinski definition) is 4. The minimum Gasteiger partial charge on any atom is -0.337 e. The van der Waals surface area contributed by atoms with Gasteiger partial charge in [-0.05, 0) is 17.4 Å². The first-order chi connectivity index (χ1) is 8.91. The Balaban J connectivity index is 2.25. The van der Waals surface area contributed by atoms with E-state index in [1.54, 1.807) is 0 Å². The molecule has 0 radical (unpaired) electrons. The van der Waals surface area contributed by atoms with Crippen LogP contribution in [0.25, 0.3) is 11.4 Å². The highest BCUT2D eigenvalue weighted by atomic mass is 16.5. The first kappa shape index (κ1) is 13.7. The summed E-state index contributed by atoms with van der Waals surface area (Å²) in [7, 11) is 0. The molecule has 1 atom stereocenters. The molecule has 0 fully saturated rings. The predicted octanol–water partition coefficient (Wildman–Crippen LogP) is 3.34. The zero-order chi connectivity index (χ0) is 14.0. The number of hydrogen-bond donors (Lipinski definition) is 1. The van der Waals surface area contributed by atoms with E-state index in [0.717, 1.165) is 12.0 Å². The van der Waals surface area contributed by atoms with Crippen LogP contribution in [0.5, 0.6) is 0 Å². The molecule has 102 valence electrons. The number of nitrogens with two attached hydrogens (primary N) is 1. The number of benzene rings is 1. The standard InChI is InChI=1S/C15H21N3O/c1-5-10-6-8-11(9-7-10)13-17-14(19-18-13)12(16)15(2,3)4/h6-9,12H,5,16H2,1-4H3. The van der Waals surface area contributed by atoms with E-state index in [9.17, 15) is 0 Å². The summed E-state index contributed by atoms with van der Waals surface area (Å²) in [6, 6.07) is 7.92. The number of aryl methyl sites for hydroxylation is 1. The fraction of sp³-hybridized carbons (Fsp3) is 0.467. The smallest absolute Gasteiger partial charge is 0.244 e. The summed E-state index contributed by atoms with van der Waals surface area (Å²) in [5.74, 6) is 1.08. The summed E-state index contributed by atoms with van der Waals surface area (Å²) >= 11 is 0. The summed E-state index contributed by atoms with van der Waals surface area (Å²) in [4.78, 5) is 4.40. The van der Waals surface area contributed by atoms with Gasteiger partial charge >= 0.3 is 0 Å². The molecule has 2 N–H and O–H groups in total. The van der Waals surface area contributed by atoms with Crippen molar-refractivity contribution in [1.29, 1.82) is 0 Å². The Morgan fingerprint density at radius 3 is 2.37 bits per heavy atom. The molecule has 0 saturated heterocycles. The lowest BCUT2D eigenvalue weighted by atomic mass is 9.87. The summed E-state index contributed by atoms with van der Waals surface area (Å²) in [5.41, 5.74) is 8.25. The molecule has 2 rings (SSSR count). The molecule has 2 aromatic rings. The third kappa shape index (κ3) is 3.01. The number of rotatable bonds is 3. The van der Waals surface area contributed by atoms with Crippen molar-refractivity contribution < 1.29 is 4.52 Å². The van der Waals surface area contributed by atoms with Gasteiger partial charge in [0.15, 0.2) is 0 Å². The fourth-order valence-electron chi connectivity index (χ4n) is 1.74. The van der Waals surface area contributed by atoms with Gasteiger partial charge in [-0.15, -0.1) is 0 Å². The molecular formula is C15H21N3O. The molecule has 0 spiro atoms. The second kappa shape index (κ2) is 5.13. The van der Waals surface area contributed by atoms with Crippen LogP contribution < -0.4 is 5.73 Å². The van der Waals surface area contributed by atoms with E-state index < -0.39 is 0 Å². The minimum atomic E-state index is -0.260.